The molecule has 1 amide bonds. The molecule has 0 aliphatic carbocycles. The highest BCUT2D eigenvalue weighted by Gasteiger charge is 2.07. The second-order valence-electron chi connectivity index (χ2n) is 5.47. The summed E-state index contributed by atoms with van der Waals surface area (Å²) in [4.78, 5) is 16.1. The van der Waals surface area contributed by atoms with E-state index in [1.807, 2.05) is 42.8 Å². The Kier molecular flexibility index (Phi) is 4.19. The molecule has 0 saturated heterocycles. The maximum absolute atomic E-state index is 12.2. The average Bonchev–Trinajstić information content (AvgIpc) is 2.86. The fourth-order valence-corrected chi connectivity index (χ4v) is 2.41. The van der Waals surface area contributed by atoms with Crippen LogP contribution in [0.25, 0.3) is 0 Å². The average molecular weight is 306 g/mol. The molecule has 3 rings (SSSR count). The summed E-state index contributed by atoms with van der Waals surface area (Å²) < 4.78 is 1.96. The summed E-state index contributed by atoms with van der Waals surface area (Å²) in [5, 5.41) is 7.29. The van der Waals surface area contributed by atoms with Crippen LogP contribution >= 0.6 is 0 Å². The molecule has 2 heterocycles. The van der Waals surface area contributed by atoms with Gasteiger partial charge in [-0.1, -0.05) is 12.1 Å². The zero-order chi connectivity index (χ0) is 16.2. The van der Waals surface area contributed by atoms with E-state index in [1.54, 1.807) is 24.5 Å². The molecule has 116 valence electrons. The Balaban J connectivity index is 1.69. The van der Waals surface area contributed by atoms with Crippen molar-refractivity contribution in [1.82, 2.24) is 14.8 Å². The van der Waals surface area contributed by atoms with Crippen LogP contribution in [-0.2, 0) is 6.54 Å². The van der Waals surface area contributed by atoms with Gasteiger partial charge in [0.1, 0.15) is 0 Å². The van der Waals surface area contributed by atoms with Crippen LogP contribution in [0.1, 0.15) is 27.3 Å². The van der Waals surface area contributed by atoms with E-state index in [0.29, 0.717) is 12.1 Å². The highest BCUT2D eigenvalue weighted by atomic mass is 16.1. The molecule has 0 radical (unpaired) electrons. The summed E-state index contributed by atoms with van der Waals surface area (Å²) in [6.45, 7) is 4.72. The fourth-order valence-electron chi connectivity index (χ4n) is 2.41. The van der Waals surface area contributed by atoms with Crippen molar-refractivity contribution in [2.24, 2.45) is 0 Å². The van der Waals surface area contributed by atoms with E-state index in [1.165, 1.54) is 0 Å². The van der Waals surface area contributed by atoms with Gasteiger partial charge in [0.25, 0.3) is 5.91 Å². The third-order valence-corrected chi connectivity index (χ3v) is 3.59. The molecule has 1 aromatic carbocycles. The second kappa shape index (κ2) is 6.44. The Bertz CT molecular complexity index is 807. The molecule has 3 aromatic rings. The fraction of sp³-hybridized carbons (Fsp3) is 0.167. The molecule has 0 spiro atoms. The third kappa shape index (κ3) is 3.63. The van der Waals surface area contributed by atoms with Crippen LogP contribution in [0.2, 0.25) is 0 Å². The lowest BCUT2D eigenvalue weighted by Gasteiger charge is -2.07. The van der Waals surface area contributed by atoms with Gasteiger partial charge in [-0.05, 0) is 49.7 Å². The van der Waals surface area contributed by atoms with Crippen LogP contribution in [0, 0.1) is 13.8 Å². The van der Waals surface area contributed by atoms with Crippen molar-refractivity contribution < 1.29 is 4.79 Å². The summed E-state index contributed by atoms with van der Waals surface area (Å²) in [7, 11) is 0. The first-order valence-electron chi connectivity index (χ1n) is 7.43. The molecule has 0 saturated carbocycles. The number of carbonyl (C=O) groups excluding carboxylic acids is 1. The van der Waals surface area contributed by atoms with E-state index in [2.05, 4.69) is 21.5 Å². The van der Waals surface area contributed by atoms with Gasteiger partial charge in [0, 0.05) is 29.3 Å². The van der Waals surface area contributed by atoms with Gasteiger partial charge in [-0.25, -0.2) is 0 Å². The van der Waals surface area contributed by atoms with Crippen LogP contribution in [0.4, 0.5) is 5.69 Å². The number of rotatable bonds is 4. The van der Waals surface area contributed by atoms with E-state index in [9.17, 15) is 4.79 Å². The van der Waals surface area contributed by atoms with Gasteiger partial charge in [-0.3, -0.25) is 14.5 Å². The zero-order valence-electron chi connectivity index (χ0n) is 13.2. The lowest BCUT2D eigenvalue weighted by atomic mass is 10.1. The minimum Gasteiger partial charge on any atom is -0.322 e. The first-order chi connectivity index (χ1) is 11.1. The molecule has 0 aliphatic rings. The quantitative estimate of drug-likeness (QED) is 0.805. The van der Waals surface area contributed by atoms with Crippen molar-refractivity contribution in [3.05, 3.63) is 77.4 Å². The SMILES string of the molecule is Cc1cc(C)n(Cc2ccc(C(=O)Nc3ccncc3)cc2)n1. The standard InChI is InChI=1S/C18H18N4O/c1-13-11-14(2)22(21-13)12-15-3-5-16(6-4-15)18(23)20-17-7-9-19-10-8-17/h3-11H,12H2,1-2H3,(H,19,20,23). The molecule has 0 bridgehead atoms. The summed E-state index contributed by atoms with van der Waals surface area (Å²) in [5.74, 6) is -0.131. The minimum atomic E-state index is -0.131. The topological polar surface area (TPSA) is 59.8 Å². The van der Waals surface area contributed by atoms with Gasteiger partial charge < -0.3 is 5.32 Å². The van der Waals surface area contributed by atoms with Gasteiger partial charge in [0.15, 0.2) is 0 Å². The van der Waals surface area contributed by atoms with E-state index in [0.717, 1.165) is 22.6 Å². The summed E-state index contributed by atoms with van der Waals surface area (Å²) >= 11 is 0. The molecule has 2 aromatic heterocycles. The number of anilines is 1. The van der Waals surface area contributed by atoms with Gasteiger partial charge in [-0.15, -0.1) is 0 Å². The van der Waals surface area contributed by atoms with E-state index in [-0.39, 0.29) is 5.91 Å². The van der Waals surface area contributed by atoms with Crippen molar-refractivity contribution >= 4 is 11.6 Å². The van der Waals surface area contributed by atoms with Crippen molar-refractivity contribution in [2.45, 2.75) is 20.4 Å². The number of nitrogens with zero attached hydrogens (tertiary/aromatic N) is 3. The van der Waals surface area contributed by atoms with E-state index in [4.69, 9.17) is 0 Å². The number of aromatic nitrogens is 3. The van der Waals surface area contributed by atoms with E-state index < -0.39 is 0 Å². The van der Waals surface area contributed by atoms with Crippen LogP contribution in [0.15, 0.2) is 54.9 Å². The molecule has 0 fully saturated rings. The Morgan fingerprint density at radius 2 is 1.78 bits per heavy atom. The van der Waals surface area contributed by atoms with Gasteiger partial charge in [0.05, 0.1) is 12.2 Å². The first-order valence-corrected chi connectivity index (χ1v) is 7.43. The van der Waals surface area contributed by atoms with Crippen molar-refractivity contribution in [2.75, 3.05) is 5.32 Å². The smallest absolute Gasteiger partial charge is 0.255 e. The van der Waals surface area contributed by atoms with Crippen LogP contribution in [0.3, 0.4) is 0 Å². The molecule has 0 atom stereocenters. The molecule has 1 N–H and O–H groups in total. The van der Waals surface area contributed by atoms with Crippen molar-refractivity contribution in [1.29, 1.82) is 0 Å². The Morgan fingerprint density at radius 3 is 2.39 bits per heavy atom. The first kappa shape index (κ1) is 15.0. The molecular formula is C18H18N4O. The number of hydrogen-bond donors (Lipinski definition) is 1. The van der Waals surface area contributed by atoms with Crippen LogP contribution in [0.5, 0.6) is 0 Å². The van der Waals surface area contributed by atoms with Crippen molar-refractivity contribution in [3.63, 3.8) is 0 Å². The van der Waals surface area contributed by atoms with Gasteiger partial charge in [0.2, 0.25) is 0 Å². The minimum absolute atomic E-state index is 0.131. The number of amides is 1. The molecule has 23 heavy (non-hydrogen) atoms. The normalized spacial score (nSPS) is 10.5. The molecule has 5 heteroatoms. The molecule has 0 unspecified atom stereocenters. The third-order valence-electron chi connectivity index (χ3n) is 3.59. The Morgan fingerprint density at radius 1 is 1.09 bits per heavy atom. The van der Waals surface area contributed by atoms with Crippen LogP contribution < -0.4 is 5.32 Å². The van der Waals surface area contributed by atoms with Gasteiger partial charge >= 0.3 is 0 Å². The number of hydrogen-bond acceptors (Lipinski definition) is 3. The number of aryl methyl sites for hydroxylation is 2. The molecular weight excluding hydrogens is 288 g/mol. The monoisotopic (exact) mass is 306 g/mol. The summed E-state index contributed by atoms with van der Waals surface area (Å²) in [5.41, 5.74) is 4.60. The predicted molar refractivity (Wildman–Crippen MR) is 89.4 cm³/mol. The van der Waals surface area contributed by atoms with Crippen molar-refractivity contribution in [3.8, 4) is 0 Å². The number of benzene rings is 1. The second-order valence-corrected chi connectivity index (χ2v) is 5.47. The van der Waals surface area contributed by atoms with E-state index >= 15 is 0 Å². The lowest BCUT2D eigenvalue weighted by molar-refractivity contribution is 0.102. The summed E-state index contributed by atoms with van der Waals surface area (Å²) in [6.07, 6.45) is 3.29. The predicted octanol–water partition coefficient (Wildman–Crippen LogP) is 3.20. The lowest BCUT2D eigenvalue weighted by Crippen LogP contribution is -2.12. The number of nitrogens with one attached hydrogen (secondary N) is 1. The molecule has 0 aliphatic heterocycles. The molecule has 5 nitrogen and oxygen atoms in total. The largest absolute Gasteiger partial charge is 0.322 e. The zero-order valence-corrected chi connectivity index (χ0v) is 13.2. The summed E-state index contributed by atoms with van der Waals surface area (Å²) in [6, 6.07) is 13.1. The number of pyridine rings is 1. The van der Waals surface area contributed by atoms with Crippen LogP contribution in [-0.4, -0.2) is 20.7 Å². The van der Waals surface area contributed by atoms with Gasteiger partial charge in [-0.2, -0.15) is 5.10 Å². The Labute approximate surface area is 135 Å². The maximum Gasteiger partial charge on any atom is 0.255 e. The Hall–Kier alpha value is -2.95. The maximum atomic E-state index is 12.2. The number of carbonyl (C=O) groups is 1. The highest BCUT2D eigenvalue weighted by molar-refractivity contribution is 6.04. The highest BCUT2D eigenvalue weighted by Crippen LogP contribution is 2.11.